The smallest absolute Gasteiger partial charge is 0.416 e. The first kappa shape index (κ1) is 24.4. The third-order valence-electron chi connectivity index (χ3n) is 5.11. The second-order valence-corrected chi connectivity index (χ2v) is 7.61. The first-order valence-corrected chi connectivity index (χ1v) is 10.1. The minimum Gasteiger partial charge on any atom is -0.455 e. The van der Waals surface area contributed by atoms with Crippen molar-refractivity contribution in [2.45, 2.75) is 32.9 Å². The van der Waals surface area contributed by atoms with Crippen LogP contribution in [-0.2, 0) is 20.5 Å². The van der Waals surface area contributed by atoms with Crippen molar-refractivity contribution >= 4 is 17.8 Å². The summed E-state index contributed by atoms with van der Waals surface area (Å²) in [6.45, 7) is 8.50. The lowest BCUT2D eigenvalue weighted by atomic mass is 9.96. The molecule has 0 atom stereocenters. The van der Waals surface area contributed by atoms with Gasteiger partial charge in [-0.3, -0.25) is 14.4 Å². The van der Waals surface area contributed by atoms with Crippen LogP contribution in [0.1, 0.15) is 42.6 Å². The van der Waals surface area contributed by atoms with Gasteiger partial charge in [0.15, 0.2) is 6.61 Å². The van der Waals surface area contributed by atoms with E-state index < -0.39 is 23.6 Å². The quantitative estimate of drug-likeness (QED) is 0.481. The van der Waals surface area contributed by atoms with Gasteiger partial charge >= 0.3 is 12.1 Å². The number of hydrogen-bond donors (Lipinski definition) is 0. The maximum absolute atomic E-state index is 12.7. The van der Waals surface area contributed by atoms with Gasteiger partial charge in [0.2, 0.25) is 0 Å². The van der Waals surface area contributed by atoms with Crippen molar-refractivity contribution in [2.75, 3.05) is 32.8 Å². The van der Waals surface area contributed by atoms with Gasteiger partial charge in [0.25, 0.3) is 11.8 Å². The first-order chi connectivity index (χ1) is 14.5. The molecule has 0 spiro atoms. The zero-order valence-corrected chi connectivity index (χ0v) is 17.7. The molecule has 0 aliphatic carbocycles. The summed E-state index contributed by atoms with van der Waals surface area (Å²) in [5.41, 5.74) is 0.174. The van der Waals surface area contributed by atoms with Crippen molar-refractivity contribution < 1.29 is 32.3 Å². The van der Waals surface area contributed by atoms with E-state index in [9.17, 15) is 27.6 Å². The third-order valence-corrected chi connectivity index (χ3v) is 5.11. The molecule has 1 fully saturated rings. The molecule has 1 aliphatic heterocycles. The molecule has 1 saturated heterocycles. The number of rotatable bonds is 7. The molecular formula is C22H27F3N2O4. The van der Waals surface area contributed by atoms with Crippen molar-refractivity contribution in [3.05, 3.63) is 47.5 Å². The molecule has 6 nitrogen and oxygen atoms in total. The maximum atomic E-state index is 12.7. The zero-order valence-electron chi connectivity index (χ0n) is 17.7. The van der Waals surface area contributed by atoms with Crippen LogP contribution in [-0.4, -0.2) is 60.4 Å². The Balaban J connectivity index is 1.83. The standard InChI is InChI=1S/C22H27F3N2O4/c1-4-26(13-15(2)3)19(28)14-31-21(30)17-9-11-27(12-10-17)20(29)16-5-7-18(8-6-16)22(23,24)25/h5-8,17H,2,4,9-14H2,1,3H3. The van der Waals surface area contributed by atoms with E-state index in [0.717, 1.165) is 29.8 Å². The number of likely N-dealkylation sites (N-methyl/N-ethyl adjacent to an activating group) is 1. The van der Waals surface area contributed by atoms with Crippen LogP contribution in [0, 0.1) is 5.92 Å². The van der Waals surface area contributed by atoms with E-state index in [4.69, 9.17) is 4.74 Å². The summed E-state index contributed by atoms with van der Waals surface area (Å²) in [5.74, 6) is -1.59. The Morgan fingerprint density at radius 3 is 2.23 bits per heavy atom. The average molecular weight is 440 g/mol. The number of nitrogens with zero attached hydrogens (tertiary/aromatic N) is 2. The lowest BCUT2D eigenvalue weighted by Gasteiger charge is -2.31. The normalized spacial score (nSPS) is 14.8. The molecule has 1 heterocycles. The molecule has 2 amide bonds. The van der Waals surface area contributed by atoms with Crippen molar-refractivity contribution in [2.24, 2.45) is 5.92 Å². The number of amides is 2. The summed E-state index contributed by atoms with van der Waals surface area (Å²) in [6, 6.07) is 4.06. The Kier molecular flexibility index (Phi) is 8.24. The summed E-state index contributed by atoms with van der Waals surface area (Å²) in [7, 11) is 0. The Morgan fingerprint density at radius 1 is 1.16 bits per heavy atom. The van der Waals surface area contributed by atoms with E-state index in [2.05, 4.69) is 6.58 Å². The third kappa shape index (κ3) is 6.83. The predicted molar refractivity (Wildman–Crippen MR) is 108 cm³/mol. The predicted octanol–water partition coefficient (Wildman–Crippen LogP) is 3.53. The van der Waals surface area contributed by atoms with Crippen molar-refractivity contribution in [1.82, 2.24) is 9.80 Å². The number of alkyl halides is 3. The van der Waals surface area contributed by atoms with E-state index >= 15 is 0 Å². The maximum Gasteiger partial charge on any atom is 0.416 e. The van der Waals surface area contributed by atoms with Gasteiger partial charge in [-0.25, -0.2) is 0 Å². The van der Waals surface area contributed by atoms with Crippen LogP contribution in [0.5, 0.6) is 0 Å². The molecular weight excluding hydrogens is 413 g/mol. The molecule has 1 aromatic carbocycles. The van der Waals surface area contributed by atoms with Gasteiger partial charge in [0.1, 0.15) is 0 Å². The van der Waals surface area contributed by atoms with E-state index in [-0.39, 0.29) is 37.1 Å². The SMILES string of the molecule is C=C(C)CN(CC)C(=O)COC(=O)C1CCN(C(=O)c2ccc(C(F)(F)F)cc2)CC1. The van der Waals surface area contributed by atoms with Gasteiger partial charge in [-0.2, -0.15) is 13.2 Å². The number of carbonyl (C=O) groups excluding carboxylic acids is 3. The molecule has 0 radical (unpaired) electrons. The minimum atomic E-state index is -4.46. The highest BCUT2D eigenvalue weighted by atomic mass is 19.4. The molecule has 31 heavy (non-hydrogen) atoms. The van der Waals surface area contributed by atoms with Crippen molar-refractivity contribution in [1.29, 1.82) is 0 Å². The largest absolute Gasteiger partial charge is 0.455 e. The van der Waals surface area contributed by atoms with E-state index in [0.29, 0.717) is 25.9 Å². The van der Waals surface area contributed by atoms with Gasteiger partial charge < -0.3 is 14.5 Å². The molecule has 0 unspecified atom stereocenters. The molecule has 9 heteroatoms. The summed E-state index contributed by atoms with van der Waals surface area (Å²) in [4.78, 5) is 40.0. The van der Waals surface area contributed by atoms with Crippen LogP contribution < -0.4 is 0 Å². The lowest BCUT2D eigenvalue weighted by molar-refractivity contribution is -0.156. The topological polar surface area (TPSA) is 66.9 Å². The second-order valence-electron chi connectivity index (χ2n) is 7.61. The van der Waals surface area contributed by atoms with Crippen molar-refractivity contribution in [3.63, 3.8) is 0 Å². The number of likely N-dealkylation sites (tertiary alicyclic amines) is 1. The van der Waals surface area contributed by atoms with Crippen LogP contribution in [0.15, 0.2) is 36.4 Å². The number of piperidine rings is 1. The Hall–Kier alpha value is -2.84. The highest BCUT2D eigenvalue weighted by molar-refractivity contribution is 5.94. The minimum absolute atomic E-state index is 0.164. The second kappa shape index (κ2) is 10.5. The average Bonchev–Trinajstić information content (AvgIpc) is 2.74. The molecule has 1 aliphatic rings. The summed E-state index contributed by atoms with van der Waals surface area (Å²) >= 11 is 0. The Bertz CT molecular complexity index is 813. The molecule has 170 valence electrons. The van der Waals surface area contributed by atoms with Gasteiger partial charge in [-0.1, -0.05) is 12.2 Å². The summed E-state index contributed by atoms with van der Waals surface area (Å²) in [5, 5.41) is 0. The van der Waals surface area contributed by atoms with Crippen LogP contribution in [0.25, 0.3) is 0 Å². The van der Waals surface area contributed by atoms with Crippen LogP contribution in [0.4, 0.5) is 13.2 Å². The number of esters is 1. The van der Waals surface area contributed by atoms with Gasteiger partial charge in [0, 0.05) is 31.7 Å². The summed E-state index contributed by atoms with van der Waals surface area (Å²) < 4.78 is 43.1. The van der Waals surface area contributed by atoms with Gasteiger partial charge in [0.05, 0.1) is 11.5 Å². The van der Waals surface area contributed by atoms with Crippen LogP contribution in [0.3, 0.4) is 0 Å². The van der Waals surface area contributed by atoms with Crippen LogP contribution >= 0.6 is 0 Å². The lowest BCUT2D eigenvalue weighted by Crippen LogP contribution is -2.41. The van der Waals surface area contributed by atoms with Gasteiger partial charge in [-0.15, -0.1) is 0 Å². The number of benzene rings is 1. The zero-order chi connectivity index (χ0) is 23.2. The fourth-order valence-corrected chi connectivity index (χ4v) is 3.35. The fourth-order valence-electron chi connectivity index (χ4n) is 3.35. The van der Waals surface area contributed by atoms with Crippen LogP contribution in [0.2, 0.25) is 0 Å². The first-order valence-electron chi connectivity index (χ1n) is 10.1. The highest BCUT2D eigenvalue weighted by Crippen LogP contribution is 2.29. The van der Waals surface area contributed by atoms with E-state index in [1.54, 1.807) is 4.90 Å². The molecule has 0 N–H and O–H groups in total. The molecule has 2 rings (SSSR count). The fraction of sp³-hybridized carbons (Fsp3) is 0.500. The highest BCUT2D eigenvalue weighted by Gasteiger charge is 2.32. The van der Waals surface area contributed by atoms with Gasteiger partial charge in [-0.05, 0) is 51.0 Å². The number of hydrogen-bond acceptors (Lipinski definition) is 4. The van der Waals surface area contributed by atoms with Crippen molar-refractivity contribution in [3.8, 4) is 0 Å². The Labute approximate surface area is 179 Å². The molecule has 0 aromatic heterocycles. The van der Waals surface area contributed by atoms with E-state index in [1.165, 1.54) is 4.90 Å². The number of halogens is 3. The molecule has 1 aromatic rings. The molecule has 0 bridgehead atoms. The monoisotopic (exact) mass is 440 g/mol. The number of ether oxygens (including phenoxy) is 1. The Morgan fingerprint density at radius 2 is 1.74 bits per heavy atom. The van der Waals surface area contributed by atoms with E-state index in [1.807, 2.05) is 13.8 Å². The number of carbonyl (C=O) groups is 3. The summed E-state index contributed by atoms with van der Waals surface area (Å²) in [6.07, 6.45) is -3.73. The molecule has 0 saturated carbocycles.